The zero-order chi connectivity index (χ0) is 8.36. The maximum Gasteiger partial charge on any atom is 0.141 e. The van der Waals surface area contributed by atoms with Gasteiger partial charge in [-0.15, -0.1) is 0 Å². The van der Waals surface area contributed by atoms with Crippen LogP contribution in [0, 0.1) is 5.41 Å². The van der Waals surface area contributed by atoms with Crippen LogP contribution in [-0.4, -0.2) is 12.8 Å². The van der Waals surface area contributed by atoms with E-state index in [0.29, 0.717) is 0 Å². The van der Waals surface area contributed by atoms with Gasteiger partial charge in [-0.25, -0.2) is 0 Å². The quantitative estimate of drug-likeness (QED) is 0.642. The molecule has 0 rings (SSSR count). The largest absolute Gasteiger partial charge is 0.391 e. The Kier molecular flexibility index (Phi) is 2.64. The minimum Gasteiger partial charge on any atom is -0.391 e. The van der Waals surface area contributed by atoms with Crippen molar-refractivity contribution in [1.82, 2.24) is 5.32 Å². The van der Waals surface area contributed by atoms with Crippen molar-refractivity contribution in [2.24, 2.45) is 5.41 Å². The van der Waals surface area contributed by atoms with Crippen molar-refractivity contribution in [3.8, 4) is 0 Å². The molecule has 2 heteroatoms. The number of allylic oxidation sites excluding steroid dienone is 1. The zero-order valence-corrected chi connectivity index (χ0v) is 7.12. The van der Waals surface area contributed by atoms with Crippen molar-refractivity contribution in [2.45, 2.75) is 20.8 Å². The summed E-state index contributed by atoms with van der Waals surface area (Å²) in [5.41, 5.74) is 0.328. The second-order valence-electron chi connectivity index (χ2n) is 2.91. The van der Waals surface area contributed by atoms with Crippen LogP contribution < -0.4 is 5.32 Å². The molecule has 0 aliphatic carbocycles. The Bertz CT molecular complexity index is 159. The lowest BCUT2D eigenvalue weighted by atomic mass is 9.86. The average molecular weight is 141 g/mol. The van der Waals surface area contributed by atoms with Crippen molar-refractivity contribution in [1.29, 1.82) is 0 Å². The van der Waals surface area contributed by atoms with Gasteiger partial charge in [0, 0.05) is 12.7 Å². The van der Waals surface area contributed by atoms with E-state index in [1.165, 1.54) is 0 Å². The van der Waals surface area contributed by atoms with Crippen LogP contribution in [0.2, 0.25) is 0 Å². The summed E-state index contributed by atoms with van der Waals surface area (Å²) in [5, 5.41) is 2.87. The topological polar surface area (TPSA) is 29.1 Å². The van der Waals surface area contributed by atoms with Crippen LogP contribution in [0.5, 0.6) is 0 Å². The van der Waals surface area contributed by atoms with E-state index in [2.05, 4.69) is 11.9 Å². The molecule has 0 saturated carbocycles. The first-order valence-corrected chi connectivity index (χ1v) is 3.31. The molecule has 0 fully saturated rings. The molecule has 0 aliphatic heterocycles. The highest BCUT2D eigenvalue weighted by Crippen LogP contribution is 2.22. The number of hydrogen-bond donors (Lipinski definition) is 1. The van der Waals surface area contributed by atoms with E-state index in [4.69, 9.17) is 0 Å². The number of nitrogens with one attached hydrogen (secondary N) is 1. The first kappa shape index (κ1) is 9.21. The van der Waals surface area contributed by atoms with Gasteiger partial charge in [0.1, 0.15) is 5.78 Å². The number of rotatable bonds is 3. The summed E-state index contributed by atoms with van der Waals surface area (Å²) in [6.07, 6.45) is 0. The first-order valence-electron chi connectivity index (χ1n) is 3.31. The summed E-state index contributed by atoms with van der Waals surface area (Å²) in [6, 6.07) is 0. The monoisotopic (exact) mass is 141 g/mol. The molecule has 0 aromatic rings. The van der Waals surface area contributed by atoms with Gasteiger partial charge in [0.25, 0.3) is 0 Å². The third kappa shape index (κ3) is 1.59. The Morgan fingerprint density at radius 3 is 2.00 bits per heavy atom. The van der Waals surface area contributed by atoms with E-state index < -0.39 is 5.41 Å². The highest BCUT2D eigenvalue weighted by atomic mass is 16.1. The van der Waals surface area contributed by atoms with E-state index in [9.17, 15) is 4.79 Å². The second kappa shape index (κ2) is 2.86. The van der Waals surface area contributed by atoms with Gasteiger partial charge in [0.05, 0.1) is 5.41 Å². The van der Waals surface area contributed by atoms with Gasteiger partial charge < -0.3 is 5.32 Å². The number of carbonyl (C=O) groups is 1. The second-order valence-corrected chi connectivity index (χ2v) is 2.91. The van der Waals surface area contributed by atoms with E-state index in [-0.39, 0.29) is 5.78 Å². The fourth-order valence-electron chi connectivity index (χ4n) is 0.525. The van der Waals surface area contributed by atoms with E-state index in [1.54, 1.807) is 14.0 Å². The van der Waals surface area contributed by atoms with Gasteiger partial charge in [-0.2, -0.15) is 0 Å². The third-order valence-electron chi connectivity index (χ3n) is 1.94. The lowest BCUT2D eigenvalue weighted by molar-refractivity contribution is -0.123. The molecule has 10 heavy (non-hydrogen) atoms. The molecule has 0 bridgehead atoms. The molecule has 0 spiro atoms. The molecular weight excluding hydrogens is 126 g/mol. The molecule has 0 aromatic heterocycles. The highest BCUT2D eigenvalue weighted by molar-refractivity contribution is 5.84. The maximum atomic E-state index is 11.0. The fraction of sp³-hybridized carbons (Fsp3) is 0.625. The number of ketones is 1. The molecule has 1 N–H and O–H groups in total. The van der Waals surface area contributed by atoms with Crippen molar-refractivity contribution < 1.29 is 4.79 Å². The van der Waals surface area contributed by atoms with Crippen LogP contribution in [0.1, 0.15) is 20.8 Å². The summed E-state index contributed by atoms with van der Waals surface area (Å²) in [7, 11) is 1.77. The van der Waals surface area contributed by atoms with E-state index in [0.717, 1.165) is 5.70 Å². The summed E-state index contributed by atoms with van der Waals surface area (Å²) < 4.78 is 0. The zero-order valence-electron chi connectivity index (χ0n) is 7.12. The summed E-state index contributed by atoms with van der Waals surface area (Å²) in [6.45, 7) is 9.02. The fourth-order valence-corrected chi connectivity index (χ4v) is 0.525. The van der Waals surface area contributed by atoms with Crippen molar-refractivity contribution in [3.05, 3.63) is 12.3 Å². The minimum absolute atomic E-state index is 0.131. The van der Waals surface area contributed by atoms with Crippen LogP contribution in [-0.2, 0) is 4.79 Å². The highest BCUT2D eigenvalue weighted by Gasteiger charge is 2.26. The van der Waals surface area contributed by atoms with Gasteiger partial charge in [-0.1, -0.05) is 6.58 Å². The summed E-state index contributed by atoms with van der Waals surface area (Å²) >= 11 is 0. The predicted molar refractivity (Wildman–Crippen MR) is 42.7 cm³/mol. The normalized spacial score (nSPS) is 10.8. The van der Waals surface area contributed by atoms with E-state index in [1.807, 2.05) is 13.8 Å². The Morgan fingerprint density at radius 2 is 1.90 bits per heavy atom. The number of hydrogen-bond acceptors (Lipinski definition) is 2. The first-order chi connectivity index (χ1) is 4.42. The smallest absolute Gasteiger partial charge is 0.141 e. The standard InChI is InChI=1S/C8H15NO/c1-6(9-5)8(3,4)7(2)10/h9H,1H2,2-5H3. The molecule has 0 aromatic carbocycles. The van der Waals surface area contributed by atoms with Gasteiger partial charge in [0.2, 0.25) is 0 Å². The molecular formula is C8H15NO. The Hall–Kier alpha value is -0.790. The van der Waals surface area contributed by atoms with Crippen molar-refractivity contribution in [2.75, 3.05) is 7.05 Å². The number of Topliss-reactive ketones (excluding diaryl/α,β-unsaturated/α-hetero) is 1. The Labute approximate surface area is 62.3 Å². The van der Waals surface area contributed by atoms with Crippen LogP contribution >= 0.6 is 0 Å². The molecule has 0 unspecified atom stereocenters. The summed E-state index contributed by atoms with van der Waals surface area (Å²) in [5.74, 6) is 0.131. The van der Waals surface area contributed by atoms with Crippen molar-refractivity contribution in [3.63, 3.8) is 0 Å². The van der Waals surface area contributed by atoms with Gasteiger partial charge >= 0.3 is 0 Å². The lowest BCUT2D eigenvalue weighted by Gasteiger charge is -2.23. The van der Waals surface area contributed by atoms with E-state index >= 15 is 0 Å². The molecule has 58 valence electrons. The van der Waals surface area contributed by atoms with Gasteiger partial charge in [-0.3, -0.25) is 4.79 Å². The van der Waals surface area contributed by atoms with Crippen LogP contribution in [0.15, 0.2) is 12.3 Å². The van der Waals surface area contributed by atoms with Crippen LogP contribution in [0.3, 0.4) is 0 Å². The average Bonchev–Trinajstić information content (AvgIpc) is 1.86. The van der Waals surface area contributed by atoms with Gasteiger partial charge in [-0.05, 0) is 20.8 Å². The van der Waals surface area contributed by atoms with Crippen LogP contribution in [0.4, 0.5) is 0 Å². The molecule has 0 radical (unpaired) electrons. The van der Waals surface area contributed by atoms with Crippen molar-refractivity contribution >= 4 is 5.78 Å². The van der Waals surface area contributed by atoms with Gasteiger partial charge in [0.15, 0.2) is 0 Å². The number of carbonyl (C=O) groups excluding carboxylic acids is 1. The molecule has 2 nitrogen and oxygen atoms in total. The Morgan fingerprint density at radius 1 is 1.50 bits per heavy atom. The van der Waals surface area contributed by atoms with Crippen LogP contribution in [0.25, 0.3) is 0 Å². The SMILES string of the molecule is C=C(NC)C(C)(C)C(C)=O. The molecule has 0 aliphatic rings. The Balaban J connectivity index is 4.40. The summed E-state index contributed by atoms with van der Waals surface area (Å²) in [4.78, 5) is 11.0. The lowest BCUT2D eigenvalue weighted by Crippen LogP contribution is -2.29. The predicted octanol–water partition coefficient (Wildman–Crippen LogP) is 1.33. The molecule has 0 heterocycles. The molecule has 0 atom stereocenters. The minimum atomic E-state index is -0.436. The molecule has 0 amide bonds. The maximum absolute atomic E-state index is 11.0. The third-order valence-corrected chi connectivity index (χ3v) is 1.94. The molecule has 0 saturated heterocycles.